The van der Waals surface area contributed by atoms with Crippen molar-refractivity contribution >= 4 is 35.2 Å². The largest absolute Gasteiger partial charge is 0.465 e. The number of halogens is 2. The number of carbonyl (C=O) groups excluding carboxylic acids is 1. The van der Waals surface area contributed by atoms with Gasteiger partial charge in [-0.1, -0.05) is 35.3 Å². The van der Waals surface area contributed by atoms with Crippen molar-refractivity contribution in [2.75, 3.05) is 7.11 Å². The van der Waals surface area contributed by atoms with E-state index >= 15 is 0 Å². The van der Waals surface area contributed by atoms with Crippen LogP contribution in [-0.2, 0) is 9.53 Å². The second kappa shape index (κ2) is 5.03. The molecule has 0 aliphatic heterocycles. The first kappa shape index (κ1) is 11.1. The van der Waals surface area contributed by atoms with Crippen molar-refractivity contribution in [3.05, 3.63) is 39.9 Å². The zero-order valence-corrected chi connectivity index (χ0v) is 8.97. The average Bonchev–Trinajstić information content (AvgIpc) is 2.20. The van der Waals surface area contributed by atoms with Gasteiger partial charge in [-0.3, -0.25) is 0 Å². The van der Waals surface area contributed by atoms with Crippen LogP contribution < -0.4 is 0 Å². The molecule has 0 unspecified atom stereocenters. The van der Waals surface area contributed by atoms with E-state index < -0.39 is 5.97 Å². The van der Waals surface area contributed by atoms with E-state index in [1.807, 2.05) is 0 Å². The fourth-order valence-corrected chi connectivity index (χ4v) is 1.19. The highest BCUT2D eigenvalue weighted by Gasteiger charge is 2.04. The lowest BCUT2D eigenvalue weighted by Gasteiger charge is -1.97. The Morgan fingerprint density at radius 3 is 2.43 bits per heavy atom. The highest BCUT2D eigenvalue weighted by molar-refractivity contribution is 6.43. The maximum Gasteiger partial charge on any atom is 0.349 e. The Bertz CT molecular complexity index is 355. The Morgan fingerprint density at radius 1 is 1.36 bits per heavy atom. The molecule has 0 spiro atoms. The quantitative estimate of drug-likeness (QED) is 0.577. The van der Waals surface area contributed by atoms with Crippen LogP contribution in [0.15, 0.2) is 29.3 Å². The molecule has 0 saturated heterocycles. The Hall–Kier alpha value is -0.990. The van der Waals surface area contributed by atoms with E-state index in [1.54, 1.807) is 24.3 Å². The average molecular weight is 231 g/mol. The van der Waals surface area contributed by atoms with Crippen LogP contribution in [0.4, 0.5) is 0 Å². The van der Waals surface area contributed by atoms with Crippen LogP contribution in [0.3, 0.4) is 0 Å². The van der Waals surface area contributed by atoms with Gasteiger partial charge in [0.25, 0.3) is 0 Å². The Labute approximate surface area is 92.1 Å². The highest BCUT2D eigenvalue weighted by Crippen LogP contribution is 2.14. The minimum Gasteiger partial charge on any atom is -0.465 e. The van der Waals surface area contributed by atoms with Gasteiger partial charge in [0.15, 0.2) is 0 Å². The van der Waals surface area contributed by atoms with Gasteiger partial charge in [-0.2, -0.15) is 0 Å². The lowest BCUT2D eigenvalue weighted by Crippen LogP contribution is -1.98. The molecule has 14 heavy (non-hydrogen) atoms. The fourth-order valence-electron chi connectivity index (χ4n) is 0.862. The lowest BCUT2D eigenvalue weighted by atomic mass is 10.2. The number of methoxy groups -OCH3 is 1. The Balaban J connectivity index is 2.86. The van der Waals surface area contributed by atoms with Crippen LogP contribution in [0.1, 0.15) is 5.56 Å². The summed E-state index contributed by atoms with van der Waals surface area (Å²) < 4.78 is 4.44. The predicted molar refractivity (Wildman–Crippen MR) is 57.3 cm³/mol. The van der Waals surface area contributed by atoms with Crippen molar-refractivity contribution < 1.29 is 9.53 Å². The monoisotopic (exact) mass is 230 g/mol. The topological polar surface area (TPSA) is 26.3 Å². The van der Waals surface area contributed by atoms with Crippen molar-refractivity contribution in [3.8, 4) is 0 Å². The minimum absolute atomic E-state index is 0.0369. The molecule has 0 bridgehead atoms. The first-order valence-corrected chi connectivity index (χ1v) is 4.60. The van der Waals surface area contributed by atoms with Gasteiger partial charge in [-0.25, -0.2) is 4.79 Å². The summed E-state index contributed by atoms with van der Waals surface area (Å²) in [5.74, 6) is -0.554. The number of esters is 1. The molecule has 0 atom stereocenters. The number of rotatable bonds is 2. The third-order valence-corrected chi connectivity index (χ3v) is 2.06. The third-order valence-electron chi connectivity index (χ3n) is 1.54. The Morgan fingerprint density at radius 2 is 1.93 bits per heavy atom. The highest BCUT2D eigenvalue weighted by atomic mass is 35.5. The summed E-state index contributed by atoms with van der Waals surface area (Å²) >= 11 is 11.4. The molecule has 1 aromatic carbocycles. The standard InChI is InChI=1S/C10H8Cl2O2/c1-14-10(13)9(12)6-7-2-4-8(11)5-3-7/h2-6H,1H3/b9-6-. The Kier molecular flexibility index (Phi) is 3.98. The molecule has 1 rings (SSSR count). The van der Waals surface area contributed by atoms with Crippen molar-refractivity contribution in [3.63, 3.8) is 0 Å². The number of hydrogen-bond donors (Lipinski definition) is 0. The molecule has 0 fully saturated rings. The molecular weight excluding hydrogens is 223 g/mol. The summed E-state index contributed by atoms with van der Waals surface area (Å²) in [5, 5.41) is 0.672. The van der Waals surface area contributed by atoms with Crippen LogP contribution in [0.5, 0.6) is 0 Å². The van der Waals surface area contributed by atoms with E-state index in [4.69, 9.17) is 23.2 Å². The van der Waals surface area contributed by atoms with Crippen LogP contribution in [0.2, 0.25) is 5.02 Å². The summed E-state index contributed by atoms with van der Waals surface area (Å²) in [7, 11) is 1.28. The lowest BCUT2D eigenvalue weighted by molar-refractivity contribution is -0.135. The fraction of sp³-hybridized carbons (Fsp3) is 0.100. The summed E-state index contributed by atoms with van der Waals surface area (Å²) in [5.41, 5.74) is 0.796. The molecule has 0 radical (unpaired) electrons. The molecule has 1 aromatic rings. The van der Waals surface area contributed by atoms with Gasteiger partial charge in [0, 0.05) is 5.02 Å². The first-order valence-electron chi connectivity index (χ1n) is 3.84. The number of benzene rings is 1. The molecule has 74 valence electrons. The van der Waals surface area contributed by atoms with Crippen LogP contribution in [0, 0.1) is 0 Å². The van der Waals surface area contributed by atoms with Crippen LogP contribution in [0.25, 0.3) is 6.08 Å². The normalized spacial score (nSPS) is 11.2. The van der Waals surface area contributed by atoms with Gasteiger partial charge in [0.1, 0.15) is 5.03 Å². The van der Waals surface area contributed by atoms with E-state index in [0.717, 1.165) is 5.56 Å². The van der Waals surface area contributed by atoms with Gasteiger partial charge in [0.05, 0.1) is 7.11 Å². The van der Waals surface area contributed by atoms with E-state index in [1.165, 1.54) is 13.2 Å². The molecule has 0 amide bonds. The van der Waals surface area contributed by atoms with Gasteiger partial charge in [-0.15, -0.1) is 0 Å². The van der Waals surface area contributed by atoms with Crippen LogP contribution in [-0.4, -0.2) is 13.1 Å². The van der Waals surface area contributed by atoms with E-state index in [2.05, 4.69) is 4.74 Å². The molecule has 4 heteroatoms. The number of carbonyl (C=O) groups is 1. The molecule has 0 aromatic heterocycles. The van der Waals surface area contributed by atoms with Crippen molar-refractivity contribution in [2.24, 2.45) is 0 Å². The van der Waals surface area contributed by atoms with E-state index in [9.17, 15) is 4.79 Å². The molecular formula is C10H8Cl2O2. The van der Waals surface area contributed by atoms with E-state index in [0.29, 0.717) is 5.02 Å². The summed E-state index contributed by atoms with van der Waals surface area (Å²) in [6, 6.07) is 6.95. The maximum absolute atomic E-state index is 10.9. The van der Waals surface area contributed by atoms with Crippen molar-refractivity contribution in [1.29, 1.82) is 0 Å². The van der Waals surface area contributed by atoms with E-state index in [-0.39, 0.29) is 5.03 Å². The number of hydrogen-bond acceptors (Lipinski definition) is 2. The zero-order chi connectivity index (χ0) is 10.6. The second-order valence-corrected chi connectivity index (χ2v) is 3.38. The SMILES string of the molecule is COC(=O)/C(Cl)=C/c1ccc(Cl)cc1. The molecule has 0 aliphatic carbocycles. The maximum atomic E-state index is 10.9. The molecule has 0 heterocycles. The third kappa shape index (κ3) is 3.05. The van der Waals surface area contributed by atoms with Gasteiger partial charge < -0.3 is 4.74 Å². The molecule has 0 N–H and O–H groups in total. The zero-order valence-electron chi connectivity index (χ0n) is 7.46. The smallest absolute Gasteiger partial charge is 0.349 e. The molecule has 0 aliphatic rings. The van der Waals surface area contributed by atoms with Gasteiger partial charge in [-0.05, 0) is 23.8 Å². The van der Waals surface area contributed by atoms with Crippen LogP contribution >= 0.6 is 23.2 Å². The number of ether oxygens (including phenoxy) is 1. The summed E-state index contributed by atoms with van der Waals surface area (Å²) in [6.07, 6.45) is 1.52. The second-order valence-electron chi connectivity index (χ2n) is 2.54. The molecule has 0 saturated carbocycles. The van der Waals surface area contributed by atoms with Gasteiger partial charge >= 0.3 is 5.97 Å². The minimum atomic E-state index is -0.554. The van der Waals surface area contributed by atoms with Gasteiger partial charge in [0.2, 0.25) is 0 Å². The molecule has 2 nitrogen and oxygen atoms in total. The summed E-state index contributed by atoms with van der Waals surface area (Å²) in [4.78, 5) is 10.9. The van der Waals surface area contributed by atoms with Crippen molar-refractivity contribution in [1.82, 2.24) is 0 Å². The summed E-state index contributed by atoms with van der Waals surface area (Å²) in [6.45, 7) is 0. The van der Waals surface area contributed by atoms with Crippen molar-refractivity contribution in [2.45, 2.75) is 0 Å². The first-order chi connectivity index (χ1) is 6.63. The predicted octanol–water partition coefficient (Wildman–Crippen LogP) is 3.09.